The summed E-state index contributed by atoms with van der Waals surface area (Å²) < 4.78 is 51.6. The fraction of sp³-hybridized carbons (Fsp3) is 0.333. The lowest BCUT2D eigenvalue weighted by Gasteiger charge is -2.17. The summed E-state index contributed by atoms with van der Waals surface area (Å²) in [6.07, 6.45) is -0.893. The Morgan fingerprint density at radius 2 is 1.94 bits per heavy atom. The molecule has 1 aliphatic heterocycles. The van der Waals surface area contributed by atoms with Crippen LogP contribution in [-0.4, -0.2) is 36.0 Å². The van der Waals surface area contributed by atoms with Crippen molar-refractivity contribution in [1.82, 2.24) is 0 Å². The molecule has 1 heterocycles. The van der Waals surface area contributed by atoms with Gasteiger partial charge in [0.25, 0.3) is 10.1 Å². The molecular weight excluding hydrogens is 304 g/mol. The largest absolute Gasteiger partial charge is 0.308 e. The Hall–Kier alpha value is -0.350. The van der Waals surface area contributed by atoms with E-state index in [1.165, 1.54) is 24.3 Å². The molecule has 2 rings (SSSR count). The summed E-state index contributed by atoms with van der Waals surface area (Å²) in [5.74, 6) is -0.250. The first-order valence-corrected chi connectivity index (χ1v) is 8.30. The highest BCUT2D eigenvalue weighted by atomic mass is 35.5. The number of rotatable bonds is 3. The van der Waals surface area contributed by atoms with E-state index in [0.717, 1.165) is 0 Å². The van der Waals surface area contributed by atoms with Crippen molar-refractivity contribution in [1.29, 1.82) is 0 Å². The Morgan fingerprint density at radius 3 is 2.44 bits per heavy atom. The minimum atomic E-state index is -3.96. The molecule has 0 amide bonds. The lowest BCUT2D eigenvalue weighted by atomic mass is 10.4. The van der Waals surface area contributed by atoms with Crippen LogP contribution >= 0.6 is 22.5 Å². The average Bonchev–Trinajstić information content (AvgIpc) is 2.57. The topological polar surface area (TPSA) is 93.1 Å². The second-order valence-electron chi connectivity index (χ2n) is 3.68. The minimum Gasteiger partial charge on any atom is -0.308 e. The third kappa shape index (κ3) is 3.35. The van der Waals surface area contributed by atoms with E-state index in [1.807, 2.05) is 0 Å². The van der Waals surface area contributed by atoms with Gasteiger partial charge in [-0.1, -0.05) is 11.6 Å². The van der Waals surface area contributed by atoms with E-state index in [4.69, 9.17) is 15.8 Å². The lowest BCUT2D eigenvalue weighted by molar-refractivity contribution is 0.180. The van der Waals surface area contributed by atoms with E-state index < -0.39 is 27.1 Å². The molecule has 102 valence electrons. The van der Waals surface area contributed by atoms with Crippen LogP contribution < -0.4 is 0 Å². The summed E-state index contributed by atoms with van der Waals surface area (Å²) in [4.78, 5) is -0.0460. The highest BCUT2D eigenvalue weighted by Gasteiger charge is 2.36. The molecule has 0 saturated carbocycles. The van der Waals surface area contributed by atoms with Crippen molar-refractivity contribution in [2.75, 3.05) is 12.4 Å². The van der Waals surface area contributed by atoms with Crippen molar-refractivity contribution in [2.24, 2.45) is 0 Å². The molecule has 1 fully saturated rings. The second kappa shape index (κ2) is 4.97. The average molecular weight is 315 g/mol. The summed E-state index contributed by atoms with van der Waals surface area (Å²) in [6, 6.07) is 5.48. The molecule has 1 aromatic carbocycles. The third-order valence-corrected chi connectivity index (χ3v) is 5.16. The van der Waals surface area contributed by atoms with Gasteiger partial charge in [0.15, 0.2) is 0 Å². The van der Waals surface area contributed by atoms with Gasteiger partial charge in [-0.15, -0.1) is 0 Å². The van der Waals surface area contributed by atoms with Crippen LogP contribution in [0.1, 0.15) is 0 Å². The number of benzene rings is 1. The molecular formula is C9H11ClO6S2. The molecule has 18 heavy (non-hydrogen) atoms. The predicted octanol–water partition coefficient (Wildman–Crippen LogP) is 2.11. The second-order valence-corrected chi connectivity index (χ2v) is 7.48. The summed E-state index contributed by atoms with van der Waals surface area (Å²) in [5, 5.41) is 0.410. The van der Waals surface area contributed by atoms with Crippen LogP contribution in [0.2, 0.25) is 5.02 Å². The molecule has 0 bridgehead atoms. The summed E-state index contributed by atoms with van der Waals surface area (Å²) in [6.45, 7) is -0.171. The minimum absolute atomic E-state index is 0.0460. The van der Waals surface area contributed by atoms with Crippen LogP contribution in [-0.2, 0) is 18.5 Å². The first-order chi connectivity index (χ1) is 8.28. The van der Waals surface area contributed by atoms with Crippen LogP contribution in [0.3, 0.4) is 0 Å². The van der Waals surface area contributed by atoms with Gasteiger partial charge >= 0.3 is 0 Å². The van der Waals surface area contributed by atoms with Gasteiger partial charge in [-0.2, -0.15) is 8.42 Å². The zero-order valence-corrected chi connectivity index (χ0v) is 11.4. The molecule has 6 nitrogen and oxygen atoms in total. The molecule has 0 radical (unpaired) electrons. The first kappa shape index (κ1) is 14.1. The van der Waals surface area contributed by atoms with E-state index in [1.54, 1.807) is 0 Å². The van der Waals surface area contributed by atoms with Crippen LogP contribution in [0, 0.1) is 0 Å². The van der Waals surface area contributed by atoms with E-state index in [-0.39, 0.29) is 17.3 Å². The fourth-order valence-electron chi connectivity index (χ4n) is 1.41. The zero-order chi connectivity index (χ0) is 13.4. The van der Waals surface area contributed by atoms with Gasteiger partial charge in [0, 0.05) is 5.02 Å². The molecule has 1 saturated heterocycles. The smallest absolute Gasteiger partial charge is 0.297 e. The van der Waals surface area contributed by atoms with Crippen LogP contribution in [0.25, 0.3) is 0 Å². The summed E-state index contributed by atoms with van der Waals surface area (Å²) >= 11 is 5.65. The lowest BCUT2D eigenvalue weighted by Crippen LogP contribution is -2.21. The van der Waals surface area contributed by atoms with Gasteiger partial charge in [-0.25, -0.2) is 0 Å². The van der Waals surface area contributed by atoms with Gasteiger partial charge in [-0.05, 0) is 24.3 Å². The maximum atomic E-state index is 11.8. The molecule has 0 spiro atoms. The van der Waals surface area contributed by atoms with Gasteiger partial charge in [0.1, 0.15) is 6.10 Å². The van der Waals surface area contributed by atoms with Crippen molar-refractivity contribution >= 4 is 32.6 Å². The van der Waals surface area contributed by atoms with Crippen molar-refractivity contribution < 1.29 is 25.9 Å². The molecule has 1 aliphatic rings. The van der Waals surface area contributed by atoms with E-state index in [0.29, 0.717) is 5.02 Å². The molecule has 1 atom stereocenters. The Labute approximate surface area is 111 Å². The number of halogens is 1. The fourth-order valence-corrected chi connectivity index (χ4v) is 3.80. The maximum absolute atomic E-state index is 11.8. The normalized spacial score (nSPS) is 24.9. The molecule has 0 aromatic heterocycles. The summed E-state index contributed by atoms with van der Waals surface area (Å²) in [7, 11) is -7.13. The van der Waals surface area contributed by atoms with Crippen molar-refractivity contribution in [3.8, 4) is 0 Å². The third-order valence-electron chi connectivity index (χ3n) is 2.21. The van der Waals surface area contributed by atoms with E-state index >= 15 is 0 Å². The van der Waals surface area contributed by atoms with Crippen LogP contribution in [0.4, 0.5) is 0 Å². The van der Waals surface area contributed by atoms with Gasteiger partial charge in [0.2, 0.25) is 0 Å². The Morgan fingerprint density at radius 1 is 1.33 bits per heavy atom. The SMILES string of the molecule is O=S(=O)(OC1COS(O)(O)C1)c1ccc(Cl)cc1. The summed E-state index contributed by atoms with van der Waals surface area (Å²) in [5.41, 5.74) is 0. The van der Waals surface area contributed by atoms with Gasteiger partial charge in [-0.3, -0.25) is 8.37 Å². The Kier molecular flexibility index (Phi) is 3.88. The molecule has 1 aromatic rings. The van der Waals surface area contributed by atoms with E-state index in [9.17, 15) is 17.5 Å². The highest BCUT2D eigenvalue weighted by Crippen LogP contribution is 2.46. The van der Waals surface area contributed by atoms with Crippen molar-refractivity contribution in [3.63, 3.8) is 0 Å². The first-order valence-electron chi connectivity index (χ1n) is 4.88. The van der Waals surface area contributed by atoms with Gasteiger partial charge < -0.3 is 9.11 Å². The number of hydrogen-bond acceptors (Lipinski definition) is 6. The Balaban J connectivity index is 2.11. The highest BCUT2D eigenvalue weighted by molar-refractivity contribution is 8.20. The molecule has 1 unspecified atom stereocenters. The molecule has 2 N–H and O–H groups in total. The quantitative estimate of drug-likeness (QED) is 0.830. The van der Waals surface area contributed by atoms with Gasteiger partial charge in [0.05, 0.1) is 28.1 Å². The zero-order valence-electron chi connectivity index (χ0n) is 9.02. The standard InChI is InChI=1S/C9H11ClO6S2/c10-7-1-3-9(4-2-7)18(13,14)16-8-5-15-17(11,12)6-8/h1-4,8,11-12H,5-6H2. The van der Waals surface area contributed by atoms with Crippen molar-refractivity contribution in [2.45, 2.75) is 11.0 Å². The van der Waals surface area contributed by atoms with Crippen molar-refractivity contribution in [3.05, 3.63) is 29.3 Å². The number of hydrogen-bond donors (Lipinski definition) is 2. The maximum Gasteiger partial charge on any atom is 0.297 e. The predicted molar refractivity (Wildman–Crippen MR) is 67.2 cm³/mol. The molecule has 9 heteroatoms. The van der Waals surface area contributed by atoms with Crippen LogP contribution in [0.15, 0.2) is 29.2 Å². The van der Waals surface area contributed by atoms with Crippen LogP contribution in [0.5, 0.6) is 0 Å². The molecule has 0 aliphatic carbocycles. The Bertz CT molecular complexity index is 526. The van der Waals surface area contributed by atoms with E-state index in [2.05, 4.69) is 4.18 Å². The monoisotopic (exact) mass is 314 g/mol.